The normalized spacial score (nSPS) is 10.7. The van der Waals surface area contributed by atoms with E-state index < -0.39 is 0 Å². The van der Waals surface area contributed by atoms with Crippen molar-refractivity contribution in [3.8, 4) is 0 Å². The summed E-state index contributed by atoms with van der Waals surface area (Å²) in [5.74, 6) is 0. The lowest BCUT2D eigenvalue weighted by atomic mass is 10.0. The molecule has 0 fully saturated rings. The predicted octanol–water partition coefficient (Wildman–Crippen LogP) is 3.52. The minimum Gasteiger partial charge on any atom is -0.309 e. The number of hydrogen-bond acceptors (Lipinski definition) is 2. The van der Waals surface area contributed by atoms with Crippen molar-refractivity contribution in [2.75, 3.05) is 0 Å². The second-order valence-electron chi connectivity index (χ2n) is 4.60. The van der Waals surface area contributed by atoms with Gasteiger partial charge in [-0.3, -0.25) is 4.98 Å². The first-order valence-corrected chi connectivity index (χ1v) is 6.50. The molecule has 2 heteroatoms. The topological polar surface area (TPSA) is 24.9 Å². The predicted molar refractivity (Wildman–Crippen MR) is 78.7 cm³/mol. The van der Waals surface area contributed by atoms with E-state index in [0.29, 0.717) is 0 Å². The molecule has 2 nitrogen and oxygen atoms in total. The maximum atomic E-state index is 4.02. The van der Waals surface area contributed by atoms with E-state index in [-0.39, 0.29) is 0 Å². The minimum atomic E-state index is 0.867. The Bertz CT molecular complexity index is 657. The molecule has 3 aromatic rings. The molecular formula is C17H16N2. The van der Waals surface area contributed by atoms with Crippen molar-refractivity contribution < 1.29 is 0 Å². The highest BCUT2D eigenvalue weighted by molar-refractivity contribution is 5.85. The van der Waals surface area contributed by atoms with Crippen LogP contribution in [0.1, 0.15) is 11.1 Å². The van der Waals surface area contributed by atoms with E-state index >= 15 is 0 Å². The van der Waals surface area contributed by atoms with E-state index in [1.807, 2.05) is 24.5 Å². The average molecular weight is 248 g/mol. The van der Waals surface area contributed by atoms with Gasteiger partial charge in [0, 0.05) is 25.5 Å². The molecule has 19 heavy (non-hydrogen) atoms. The molecule has 0 aliphatic carbocycles. The largest absolute Gasteiger partial charge is 0.309 e. The molecule has 0 amide bonds. The molecule has 3 rings (SSSR count). The van der Waals surface area contributed by atoms with Crippen molar-refractivity contribution in [1.82, 2.24) is 10.3 Å². The second-order valence-corrected chi connectivity index (χ2v) is 4.60. The fourth-order valence-corrected chi connectivity index (χ4v) is 2.29. The quantitative estimate of drug-likeness (QED) is 0.764. The molecule has 1 aromatic heterocycles. The number of nitrogens with one attached hydrogen (secondary N) is 1. The van der Waals surface area contributed by atoms with E-state index in [9.17, 15) is 0 Å². The molecule has 0 aliphatic heterocycles. The van der Waals surface area contributed by atoms with E-state index in [0.717, 1.165) is 13.1 Å². The molecule has 0 bridgehead atoms. The van der Waals surface area contributed by atoms with Crippen LogP contribution in [0.2, 0.25) is 0 Å². The molecular weight excluding hydrogens is 232 g/mol. The molecule has 0 atom stereocenters. The third kappa shape index (κ3) is 2.80. The lowest BCUT2D eigenvalue weighted by Crippen LogP contribution is -2.12. The molecule has 0 spiro atoms. The van der Waals surface area contributed by atoms with Gasteiger partial charge in [-0.25, -0.2) is 0 Å². The van der Waals surface area contributed by atoms with Crippen molar-refractivity contribution in [2.24, 2.45) is 0 Å². The first kappa shape index (κ1) is 11.9. The summed E-state index contributed by atoms with van der Waals surface area (Å²) < 4.78 is 0. The minimum absolute atomic E-state index is 0.867. The maximum Gasteiger partial charge on any atom is 0.0271 e. The summed E-state index contributed by atoms with van der Waals surface area (Å²) >= 11 is 0. The standard InChI is InChI=1S/C17H16N2/c1-2-7-17-15(4-1)5-3-6-16(17)13-19-12-14-8-10-18-11-9-14/h1-11,19H,12-13H2. The van der Waals surface area contributed by atoms with E-state index in [2.05, 4.69) is 52.8 Å². The number of aromatic nitrogens is 1. The second kappa shape index (κ2) is 5.63. The Labute approximate surface area is 113 Å². The highest BCUT2D eigenvalue weighted by atomic mass is 14.8. The summed E-state index contributed by atoms with van der Waals surface area (Å²) in [6.07, 6.45) is 3.66. The third-order valence-electron chi connectivity index (χ3n) is 3.27. The molecule has 0 aliphatic rings. The number of fused-ring (bicyclic) bond motifs is 1. The monoisotopic (exact) mass is 248 g/mol. The zero-order chi connectivity index (χ0) is 12.9. The van der Waals surface area contributed by atoms with Crippen molar-refractivity contribution in [1.29, 1.82) is 0 Å². The van der Waals surface area contributed by atoms with Crippen LogP contribution in [0.3, 0.4) is 0 Å². The summed E-state index contributed by atoms with van der Waals surface area (Å²) in [6, 6.07) is 19.0. The summed E-state index contributed by atoms with van der Waals surface area (Å²) in [5.41, 5.74) is 2.60. The Morgan fingerprint density at radius 1 is 0.789 bits per heavy atom. The first-order valence-electron chi connectivity index (χ1n) is 6.50. The highest BCUT2D eigenvalue weighted by Crippen LogP contribution is 2.18. The van der Waals surface area contributed by atoms with Gasteiger partial charge in [-0.05, 0) is 34.0 Å². The third-order valence-corrected chi connectivity index (χ3v) is 3.27. The van der Waals surface area contributed by atoms with Crippen LogP contribution in [0.5, 0.6) is 0 Å². The van der Waals surface area contributed by atoms with Gasteiger partial charge < -0.3 is 5.32 Å². The number of benzene rings is 2. The van der Waals surface area contributed by atoms with E-state index in [4.69, 9.17) is 0 Å². The molecule has 0 unspecified atom stereocenters. The number of hydrogen-bond donors (Lipinski definition) is 1. The summed E-state index contributed by atoms with van der Waals surface area (Å²) in [6.45, 7) is 1.75. The number of pyridine rings is 1. The summed E-state index contributed by atoms with van der Waals surface area (Å²) in [4.78, 5) is 4.02. The first-order chi connectivity index (χ1) is 9.43. The van der Waals surface area contributed by atoms with Gasteiger partial charge in [0.25, 0.3) is 0 Å². The molecule has 94 valence electrons. The van der Waals surface area contributed by atoms with Gasteiger partial charge in [-0.2, -0.15) is 0 Å². The van der Waals surface area contributed by atoms with Crippen LogP contribution in [-0.2, 0) is 13.1 Å². The zero-order valence-corrected chi connectivity index (χ0v) is 10.7. The molecule has 0 saturated carbocycles. The average Bonchev–Trinajstić information content (AvgIpc) is 2.49. The highest BCUT2D eigenvalue weighted by Gasteiger charge is 1.99. The fraction of sp³-hybridized carbons (Fsp3) is 0.118. The van der Waals surface area contributed by atoms with Gasteiger partial charge >= 0.3 is 0 Å². The molecule has 1 heterocycles. The van der Waals surface area contributed by atoms with Gasteiger partial charge in [0.15, 0.2) is 0 Å². The van der Waals surface area contributed by atoms with E-state index in [1.165, 1.54) is 21.9 Å². The Morgan fingerprint density at radius 3 is 2.47 bits per heavy atom. The van der Waals surface area contributed by atoms with Gasteiger partial charge in [0.1, 0.15) is 0 Å². The van der Waals surface area contributed by atoms with Crippen LogP contribution in [0.25, 0.3) is 10.8 Å². The number of rotatable bonds is 4. The van der Waals surface area contributed by atoms with Crippen molar-refractivity contribution in [3.63, 3.8) is 0 Å². The summed E-state index contributed by atoms with van der Waals surface area (Å²) in [5, 5.41) is 6.11. The van der Waals surface area contributed by atoms with Gasteiger partial charge in [-0.15, -0.1) is 0 Å². The van der Waals surface area contributed by atoms with Crippen LogP contribution >= 0.6 is 0 Å². The molecule has 1 N–H and O–H groups in total. The lowest BCUT2D eigenvalue weighted by Gasteiger charge is -2.08. The molecule has 0 saturated heterocycles. The van der Waals surface area contributed by atoms with Crippen LogP contribution in [0.15, 0.2) is 67.0 Å². The maximum absolute atomic E-state index is 4.02. The summed E-state index contributed by atoms with van der Waals surface area (Å²) in [7, 11) is 0. The Balaban J connectivity index is 1.72. The number of nitrogens with zero attached hydrogens (tertiary/aromatic N) is 1. The fourth-order valence-electron chi connectivity index (χ4n) is 2.29. The van der Waals surface area contributed by atoms with Gasteiger partial charge in [0.05, 0.1) is 0 Å². The van der Waals surface area contributed by atoms with Crippen molar-refractivity contribution in [2.45, 2.75) is 13.1 Å². The van der Waals surface area contributed by atoms with Gasteiger partial charge in [0.2, 0.25) is 0 Å². The van der Waals surface area contributed by atoms with Crippen LogP contribution < -0.4 is 5.32 Å². The van der Waals surface area contributed by atoms with E-state index in [1.54, 1.807) is 0 Å². The SMILES string of the molecule is c1ccc2c(CNCc3ccncc3)cccc2c1. The van der Waals surface area contributed by atoms with Gasteiger partial charge in [-0.1, -0.05) is 42.5 Å². The zero-order valence-electron chi connectivity index (χ0n) is 10.7. The Hall–Kier alpha value is -2.19. The van der Waals surface area contributed by atoms with Crippen LogP contribution in [0, 0.1) is 0 Å². The lowest BCUT2D eigenvalue weighted by molar-refractivity contribution is 0.696. The van der Waals surface area contributed by atoms with Crippen molar-refractivity contribution >= 4 is 10.8 Å². The van der Waals surface area contributed by atoms with Crippen LogP contribution in [0.4, 0.5) is 0 Å². The Morgan fingerprint density at radius 2 is 1.58 bits per heavy atom. The Kier molecular flexibility index (Phi) is 3.52. The smallest absolute Gasteiger partial charge is 0.0271 e. The van der Waals surface area contributed by atoms with Crippen LogP contribution in [-0.4, -0.2) is 4.98 Å². The van der Waals surface area contributed by atoms with Crippen molar-refractivity contribution in [3.05, 3.63) is 78.1 Å². The molecule has 2 aromatic carbocycles. The molecule has 0 radical (unpaired) electrons.